The Hall–Kier alpha value is -1.10. The lowest BCUT2D eigenvalue weighted by Crippen LogP contribution is -2.53. The van der Waals surface area contributed by atoms with Crippen LogP contribution >= 0.6 is 0 Å². The van der Waals surface area contributed by atoms with Gasteiger partial charge in [0, 0.05) is 25.9 Å². The highest BCUT2D eigenvalue weighted by Gasteiger charge is 2.57. The minimum Gasteiger partial charge on any atom is -0.458 e. The first-order valence-corrected chi connectivity index (χ1v) is 8.48. The van der Waals surface area contributed by atoms with Gasteiger partial charge in [-0.25, -0.2) is 0 Å². The van der Waals surface area contributed by atoms with Gasteiger partial charge in [-0.05, 0) is 26.7 Å². The maximum Gasteiger partial charge on any atom is 0.307 e. The molecule has 2 rings (SSSR count). The fourth-order valence-electron chi connectivity index (χ4n) is 3.84. The van der Waals surface area contributed by atoms with Crippen LogP contribution in [0.25, 0.3) is 0 Å². The molecule has 0 aromatic heterocycles. The average Bonchev–Trinajstić information content (AvgIpc) is 2.72. The van der Waals surface area contributed by atoms with Crippen LogP contribution in [0.2, 0.25) is 0 Å². The van der Waals surface area contributed by atoms with Crippen LogP contribution in [-0.4, -0.2) is 47.7 Å². The molecule has 2 heterocycles. The Labute approximate surface area is 133 Å². The molecule has 0 radical (unpaired) electrons. The van der Waals surface area contributed by atoms with Crippen molar-refractivity contribution in [1.82, 2.24) is 4.90 Å². The molecule has 0 aliphatic carbocycles. The molecule has 2 aliphatic rings. The molecule has 0 aromatic carbocycles. The van der Waals surface area contributed by atoms with Crippen LogP contribution < -0.4 is 0 Å². The SMILES string of the molecule is CCCN(CCC)C(=O)[C@@H]1CC(=O)O[C@@]12CCOC(C)(C)C2. The van der Waals surface area contributed by atoms with Gasteiger partial charge in [-0.1, -0.05) is 13.8 Å². The van der Waals surface area contributed by atoms with Crippen LogP contribution in [0.1, 0.15) is 59.8 Å². The summed E-state index contributed by atoms with van der Waals surface area (Å²) in [5.41, 5.74) is -1.03. The topological polar surface area (TPSA) is 55.8 Å². The van der Waals surface area contributed by atoms with Crippen LogP contribution in [0.3, 0.4) is 0 Å². The molecule has 5 nitrogen and oxygen atoms in total. The second kappa shape index (κ2) is 6.57. The Morgan fingerprint density at radius 2 is 1.91 bits per heavy atom. The van der Waals surface area contributed by atoms with Crippen molar-refractivity contribution in [2.24, 2.45) is 5.92 Å². The monoisotopic (exact) mass is 311 g/mol. The molecule has 2 fully saturated rings. The van der Waals surface area contributed by atoms with Gasteiger partial charge in [0.05, 0.1) is 24.5 Å². The molecule has 1 amide bonds. The molecule has 22 heavy (non-hydrogen) atoms. The zero-order chi connectivity index (χ0) is 16.4. The predicted molar refractivity (Wildman–Crippen MR) is 83.4 cm³/mol. The van der Waals surface area contributed by atoms with Gasteiger partial charge in [-0.15, -0.1) is 0 Å². The molecular formula is C17H29NO4. The molecule has 0 N–H and O–H groups in total. The maximum absolute atomic E-state index is 13.0. The summed E-state index contributed by atoms with van der Waals surface area (Å²) in [6.07, 6.45) is 3.27. The van der Waals surface area contributed by atoms with Gasteiger partial charge in [0.2, 0.25) is 5.91 Å². The summed E-state index contributed by atoms with van der Waals surface area (Å²) < 4.78 is 11.5. The number of esters is 1. The summed E-state index contributed by atoms with van der Waals surface area (Å²) in [7, 11) is 0. The number of amides is 1. The highest BCUT2D eigenvalue weighted by Crippen LogP contribution is 2.46. The average molecular weight is 311 g/mol. The highest BCUT2D eigenvalue weighted by molar-refractivity contribution is 5.88. The van der Waals surface area contributed by atoms with Crippen molar-refractivity contribution in [3.8, 4) is 0 Å². The van der Waals surface area contributed by atoms with Crippen LogP contribution in [-0.2, 0) is 19.1 Å². The lowest BCUT2D eigenvalue weighted by atomic mass is 9.75. The molecule has 2 saturated heterocycles. The molecule has 0 unspecified atom stereocenters. The summed E-state index contributed by atoms with van der Waals surface area (Å²) in [5, 5.41) is 0. The molecule has 2 aliphatic heterocycles. The third kappa shape index (κ3) is 3.45. The Kier molecular flexibility index (Phi) is 5.15. The van der Waals surface area contributed by atoms with Crippen molar-refractivity contribution in [3.63, 3.8) is 0 Å². The van der Waals surface area contributed by atoms with Gasteiger partial charge in [0.15, 0.2) is 0 Å². The van der Waals surface area contributed by atoms with Gasteiger partial charge < -0.3 is 14.4 Å². The van der Waals surface area contributed by atoms with Crippen molar-refractivity contribution < 1.29 is 19.1 Å². The van der Waals surface area contributed by atoms with Gasteiger partial charge >= 0.3 is 5.97 Å². The molecule has 1 spiro atoms. The number of carbonyl (C=O) groups excluding carboxylic acids is 2. The lowest BCUT2D eigenvalue weighted by molar-refractivity contribution is -0.181. The second-order valence-corrected chi connectivity index (χ2v) is 7.16. The normalized spacial score (nSPS) is 30.4. The van der Waals surface area contributed by atoms with Crippen molar-refractivity contribution in [3.05, 3.63) is 0 Å². The van der Waals surface area contributed by atoms with Gasteiger partial charge in [0.25, 0.3) is 0 Å². The van der Waals surface area contributed by atoms with E-state index >= 15 is 0 Å². The first-order valence-electron chi connectivity index (χ1n) is 8.48. The molecular weight excluding hydrogens is 282 g/mol. The quantitative estimate of drug-likeness (QED) is 0.732. The van der Waals surface area contributed by atoms with Crippen LogP contribution in [0.4, 0.5) is 0 Å². The van der Waals surface area contributed by atoms with Crippen molar-refractivity contribution in [1.29, 1.82) is 0 Å². The number of ether oxygens (including phenoxy) is 2. The van der Waals surface area contributed by atoms with Crippen LogP contribution in [0, 0.1) is 5.92 Å². The van der Waals surface area contributed by atoms with E-state index in [2.05, 4.69) is 13.8 Å². The first kappa shape index (κ1) is 17.3. The Morgan fingerprint density at radius 1 is 1.27 bits per heavy atom. The van der Waals surface area contributed by atoms with Crippen molar-refractivity contribution in [2.45, 2.75) is 71.0 Å². The van der Waals surface area contributed by atoms with Gasteiger partial charge in [-0.3, -0.25) is 9.59 Å². The molecule has 126 valence electrons. The maximum atomic E-state index is 13.0. The Morgan fingerprint density at radius 3 is 2.45 bits per heavy atom. The Balaban J connectivity index is 2.23. The molecule has 2 atom stereocenters. The number of carbonyl (C=O) groups is 2. The van der Waals surface area contributed by atoms with E-state index in [1.54, 1.807) is 0 Å². The van der Waals surface area contributed by atoms with Crippen molar-refractivity contribution in [2.75, 3.05) is 19.7 Å². The molecule has 0 saturated carbocycles. The van der Waals surface area contributed by atoms with Gasteiger partial charge in [-0.2, -0.15) is 0 Å². The summed E-state index contributed by atoms with van der Waals surface area (Å²) in [6.45, 7) is 10.2. The largest absolute Gasteiger partial charge is 0.458 e. The fraction of sp³-hybridized carbons (Fsp3) is 0.882. The van der Waals surface area contributed by atoms with E-state index in [1.807, 2.05) is 18.7 Å². The lowest BCUT2D eigenvalue weighted by Gasteiger charge is -2.44. The van der Waals surface area contributed by atoms with E-state index in [0.29, 0.717) is 19.4 Å². The first-order chi connectivity index (χ1) is 10.3. The minimum absolute atomic E-state index is 0.0762. The van der Waals surface area contributed by atoms with E-state index in [-0.39, 0.29) is 29.8 Å². The molecule has 5 heteroatoms. The van der Waals surface area contributed by atoms with Crippen LogP contribution in [0.5, 0.6) is 0 Å². The highest BCUT2D eigenvalue weighted by atomic mass is 16.6. The van der Waals surface area contributed by atoms with Gasteiger partial charge in [0.1, 0.15) is 5.60 Å². The number of rotatable bonds is 5. The predicted octanol–water partition coefficient (Wildman–Crippen LogP) is 2.53. The van der Waals surface area contributed by atoms with E-state index < -0.39 is 5.60 Å². The minimum atomic E-state index is -0.671. The fourth-order valence-corrected chi connectivity index (χ4v) is 3.84. The number of hydrogen-bond donors (Lipinski definition) is 0. The summed E-state index contributed by atoms with van der Waals surface area (Å²) in [6, 6.07) is 0. The van der Waals surface area contributed by atoms with Crippen LogP contribution in [0.15, 0.2) is 0 Å². The van der Waals surface area contributed by atoms with E-state index in [1.165, 1.54) is 0 Å². The number of hydrogen-bond acceptors (Lipinski definition) is 4. The molecule has 0 aromatic rings. The van der Waals surface area contributed by atoms with E-state index in [0.717, 1.165) is 25.9 Å². The second-order valence-electron chi connectivity index (χ2n) is 7.16. The standard InChI is InChI=1S/C17H29NO4/c1-5-8-18(9-6-2)15(20)13-11-14(19)22-17(13)7-10-21-16(3,4)12-17/h13H,5-12H2,1-4H3/t13-,17+/m0/s1. The third-order valence-electron chi connectivity index (χ3n) is 4.66. The number of nitrogens with zero attached hydrogens (tertiary/aromatic N) is 1. The zero-order valence-corrected chi connectivity index (χ0v) is 14.3. The summed E-state index contributed by atoms with van der Waals surface area (Å²) in [5.74, 6) is -0.530. The smallest absolute Gasteiger partial charge is 0.307 e. The zero-order valence-electron chi connectivity index (χ0n) is 14.3. The molecule has 0 bridgehead atoms. The summed E-state index contributed by atoms with van der Waals surface area (Å²) in [4.78, 5) is 26.9. The Bertz CT molecular complexity index is 428. The summed E-state index contributed by atoms with van der Waals surface area (Å²) >= 11 is 0. The van der Waals surface area contributed by atoms with E-state index in [9.17, 15) is 9.59 Å². The van der Waals surface area contributed by atoms with Crippen molar-refractivity contribution >= 4 is 11.9 Å². The van der Waals surface area contributed by atoms with E-state index in [4.69, 9.17) is 9.47 Å². The third-order valence-corrected chi connectivity index (χ3v) is 4.66.